The third kappa shape index (κ3) is 2.83. The first-order chi connectivity index (χ1) is 7.16. The Balaban J connectivity index is 2.01. The van der Waals surface area contributed by atoms with E-state index in [4.69, 9.17) is 5.73 Å². The molecule has 0 amide bonds. The fourth-order valence-corrected chi connectivity index (χ4v) is 4.07. The molecule has 0 radical (unpaired) electrons. The highest BCUT2D eigenvalue weighted by Gasteiger charge is 2.26. The van der Waals surface area contributed by atoms with E-state index < -0.39 is 0 Å². The van der Waals surface area contributed by atoms with Crippen LogP contribution < -0.4 is 5.73 Å². The second-order valence-corrected chi connectivity index (χ2v) is 6.59. The van der Waals surface area contributed by atoms with Crippen LogP contribution in [0.15, 0.2) is 15.9 Å². The molecule has 1 saturated carbocycles. The summed E-state index contributed by atoms with van der Waals surface area (Å²) < 4.78 is 1.26. The van der Waals surface area contributed by atoms with Gasteiger partial charge in [-0.15, -0.1) is 11.3 Å². The third-order valence-corrected chi connectivity index (χ3v) is 5.39. The van der Waals surface area contributed by atoms with Crippen LogP contribution >= 0.6 is 27.3 Å². The van der Waals surface area contributed by atoms with E-state index in [1.54, 1.807) is 0 Å². The van der Waals surface area contributed by atoms with E-state index in [-0.39, 0.29) is 0 Å². The smallest absolute Gasteiger partial charge is 0.0314 e. The molecular formula is C12H18BrNS. The zero-order valence-corrected chi connectivity index (χ0v) is 11.5. The van der Waals surface area contributed by atoms with E-state index >= 15 is 0 Å². The van der Waals surface area contributed by atoms with Gasteiger partial charge in [0, 0.05) is 15.4 Å². The topological polar surface area (TPSA) is 26.0 Å². The Morgan fingerprint density at radius 3 is 3.00 bits per heavy atom. The van der Waals surface area contributed by atoms with E-state index in [0.29, 0.717) is 12.0 Å². The van der Waals surface area contributed by atoms with Crippen LogP contribution in [0.4, 0.5) is 0 Å². The van der Waals surface area contributed by atoms with Crippen LogP contribution in [-0.2, 0) is 6.42 Å². The van der Waals surface area contributed by atoms with E-state index in [2.05, 4.69) is 34.3 Å². The van der Waals surface area contributed by atoms with Gasteiger partial charge in [-0.1, -0.05) is 6.92 Å². The lowest BCUT2D eigenvalue weighted by atomic mass is 9.77. The van der Waals surface area contributed by atoms with Crippen LogP contribution in [-0.4, -0.2) is 6.04 Å². The van der Waals surface area contributed by atoms with Crippen LogP contribution in [0.1, 0.15) is 31.1 Å². The maximum Gasteiger partial charge on any atom is 0.0314 e. The number of hydrogen-bond donors (Lipinski definition) is 1. The second-order valence-electron chi connectivity index (χ2n) is 4.74. The summed E-state index contributed by atoms with van der Waals surface area (Å²) in [4.78, 5) is 1.46. The zero-order valence-electron chi connectivity index (χ0n) is 9.08. The number of rotatable bonds is 2. The summed E-state index contributed by atoms with van der Waals surface area (Å²) in [7, 11) is 0. The molecule has 1 nitrogen and oxygen atoms in total. The van der Waals surface area contributed by atoms with Crippen LogP contribution in [0.2, 0.25) is 0 Å². The molecule has 3 atom stereocenters. The maximum atomic E-state index is 6.20. The van der Waals surface area contributed by atoms with Crippen LogP contribution in [0.25, 0.3) is 0 Å². The number of nitrogens with two attached hydrogens (primary N) is 1. The molecule has 3 heteroatoms. The fourth-order valence-electron chi connectivity index (χ4n) is 2.47. The Hall–Kier alpha value is 0.140. The summed E-state index contributed by atoms with van der Waals surface area (Å²) >= 11 is 5.44. The Morgan fingerprint density at radius 2 is 2.33 bits per heavy atom. The van der Waals surface area contributed by atoms with Crippen molar-refractivity contribution in [3.8, 4) is 0 Å². The first kappa shape index (κ1) is 11.6. The molecular weight excluding hydrogens is 270 g/mol. The van der Waals surface area contributed by atoms with Crippen molar-refractivity contribution in [3.63, 3.8) is 0 Å². The molecule has 0 aliphatic heterocycles. The SMILES string of the molecule is CC1CCC(N)C(Cc2sccc2Br)C1. The van der Waals surface area contributed by atoms with E-state index in [9.17, 15) is 0 Å². The standard InChI is InChI=1S/C12H18BrNS/c1-8-2-3-11(14)9(6-8)7-12-10(13)4-5-15-12/h4-5,8-9,11H,2-3,6-7,14H2,1H3. The lowest BCUT2D eigenvalue weighted by Crippen LogP contribution is -2.36. The van der Waals surface area contributed by atoms with Gasteiger partial charge in [-0.3, -0.25) is 0 Å². The molecule has 0 bridgehead atoms. The Bertz CT molecular complexity index is 323. The van der Waals surface area contributed by atoms with E-state index in [1.165, 1.54) is 28.6 Å². The molecule has 1 aromatic rings. The van der Waals surface area contributed by atoms with Crippen molar-refractivity contribution in [2.24, 2.45) is 17.6 Å². The largest absolute Gasteiger partial charge is 0.327 e. The molecule has 0 saturated heterocycles. The van der Waals surface area contributed by atoms with Crippen molar-refractivity contribution < 1.29 is 0 Å². The van der Waals surface area contributed by atoms with Crippen molar-refractivity contribution in [2.75, 3.05) is 0 Å². The molecule has 1 aromatic heterocycles. The molecule has 0 spiro atoms. The average Bonchev–Trinajstić information content (AvgIpc) is 2.58. The number of thiophene rings is 1. The number of hydrogen-bond acceptors (Lipinski definition) is 2. The van der Waals surface area contributed by atoms with Gasteiger partial charge in [0.05, 0.1) is 0 Å². The highest BCUT2D eigenvalue weighted by atomic mass is 79.9. The predicted molar refractivity (Wildman–Crippen MR) is 70.2 cm³/mol. The summed E-state index contributed by atoms with van der Waals surface area (Å²) in [5.74, 6) is 1.54. The van der Waals surface area contributed by atoms with Crippen molar-refractivity contribution in [2.45, 2.75) is 38.6 Å². The summed E-state index contributed by atoms with van der Waals surface area (Å²) in [6.07, 6.45) is 4.97. The number of halogens is 1. The molecule has 1 aliphatic carbocycles. The lowest BCUT2D eigenvalue weighted by molar-refractivity contribution is 0.245. The van der Waals surface area contributed by atoms with Crippen LogP contribution in [0.3, 0.4) is 0 Å². The first-order valence-corrected chi connectivity index (χ1v) is 7.31. The normalized spacial score (nSPS) is 31.8. The highest BCUT2D eigenvalue weighted by molar-refractivity contribution is 9.10. The van der Waals surface area contributed by atoms with E-state index in [1.807, 2.05) is 11.3 Å². The Kier molecular flexibility index (Phi) is 3.86. The van der Waals surface area contributed by atoms with Crippen LogP contribution in [0, 0.1) is 11.8 Å². The summed E-state index contributed by atoms with van der Waals surface area (Å²) in [6, 6.07) is 2.55. The zero-order chi connectivity index (χ0) is 10.8. The van der Waals surface area contributed by atoms with Gasteiger partial charge < -0.3 is 5.73 Å². The first-order valence-electron chi connectivity index (χ1n) is 5.64. The third-order valence-electron chi connectivity index (χ3n) is 3.44. The predicted octanol–water partition coefficient (Wildman–Crippen LogP) is 3.82. The molecule has 0 aromatic carbocycles. The van der Waals surface area contributed by atoms with Gasteiger partial charge in [-0.2, -0.15) is 0 Å². The molecule has 1 fully saturated rings. The quantitative estimate of drug-likeness (QED) is 0.879. The van der Waals surface area contributed by atoms with Gasteiger partial charge in [-0.05, 0) is 64.9 Å². The van der Waals surface area contributed by atoms with Gasteiger partial charge in [0.15, 0.2) is 0 Å². The highest BCUT2D eigenvalue weighted by Crippen LogP contribution is 2.33. The van der Waals surface area contributed by atoms with E-state index in [0.717, 1.165) is 12.3 Å². The summed E-state index contributed by atoms with van der Waals surface area (Å²) in [5, 5.41) is 2.15. The van der Waals surface area contributed by atoms with Gasteiger partial charge >= 0.3 is 0 Å². The van der Waals surface area contributed by atoms with Gasteiger partial charge in [0.2, 0.25) is 0 Å². The van der Waals surface area contributed by atoms with Crippen molar-refractivity contribution in [1.29, 1.82) is 0 Å². The Morgan fingerprint density at radius 1 is 1.53 bits per heavy atom. The lowest BCUT2D eigenvalue weighted by Gasteiger charge is -2.32. The molecule has 84 valence electrons. The molecule has 15 heavy (non-hydrogen) atoms. The molecule has 2 rings (SSSR count). The van der Waals surface area contributed by atoms with Crippen molar-refractivity contribution in [3.05, 3.63) is 20.8 Å². The molecule has 3 unspecified atom stereocenters. The Labute approximate surface area is 104 Å². The molecule has 1 aliphatic rings. The fraction of sp³-hybridized carbons (Fsp3) is 0.667. The summed E-state index contributed by atoms with van der Waals surface area (Å²) in [5.41, 5.74) is 6.20. The minimum atomic E-state index is 0.412. The molecule has 2 N–H and O–H groups in total. The minimum absolute atomic E-state index is 0.412. The monoisotopic (exact) mass is 287 g/mol. The average molecular weight is 288 g/mol. The minimum Gasteiger partial charge on any atom is -0.327 e. The van der Waals surface area contributed by atoms with Gasteiger partial charge in [-0.25, -0.2) is 0 Å². The van der Waals surface area contributed by atoms with Gasteiger partial charge in [0.1, 0.15) is 0 Å². The van der Waals surface area contributed by atoms with Gasteiger partial charge in [0.25, 0.3) is 0 Å². The maximum absolute atomic E-state index is 6.20. The summed E-state index contributed by atoms with van der Waals surface area (Å²) in [6.45, 7) is 2.35. The van der Waals surface area contributed by atoms with Crippen molar-refractivity contribution >= 4 is 27.3 Å². The van der Waals surface area contributed by atoms with Crippen molar-refractivity contribution in [1.82, 2.24) is 0 Å². The second kappa shape index (κ2) is 4.98. The molecule has 1 heterocycles. The van der Waals surface area contributed by atoms with Crippen LogP contribution in [0.5, 0.6) is 0 Å².